The smallest absolute Gasteiger partial charge is 0.125 e. The predicted molar refractivity (Wildman–Crippen MR) is 63.3 cm³/mol. The highest BCUT2D eigenvalue weighted by atomic mass is 15.1. The Labute approximate surface area is 88.7 Å². The van der Waals surface area contributed by atoms with Gasteiger partial charge in [-0.2, -0.15) is 0 Å². The van der Waals surface area contributed by atoms with Gasteiger partial charge in [0.1, 0.15) is 5.65 Å². The van der Waals surface area contributed by atoms with E-state index in [1.165, 1.54) is 27.8 Å². The molecule has 76 valence electrons. The lowest BCUT2D eigenvalue weighted by molar-refractivity contribution is 0.912. The second-order valence-electron chi connectivity index (χ2n) is 4.14. The molecule has 0 fully saturated rings. The van der Waals surface area contributed by atoms with Crippen LogP contribution in [0, 0.1) is 13.8 Å². The van der Waals surface area contributed by atoms with E-state index in [1.54, 1.807) is 0 Å². The number of nitrogens with zero attached hydrogens (tertiary/aromatic N) is 2. The molecule has 0 amide bonds. The first-order valence-electron chi connectivity index (χ1n) is 5.22. The summed E-state index contributed by atoms with van der Waals surface area (Å²) in [5.41, 5.74) is 3.94. The van der Waals surface area contributed by atoms with Gasteiger partial charge < -0.3 is 8.97 Å². The Morgan fingerprint density at radius 3 is 2.53 bits per heavy atom. The van der Waals surface area contributed by atoms with Gasteiger partial charge in [0.15, 0.2) is 0 Å². The standard InChI is InChI=1S/C13H14N2/c1-9-10(2)15-8-11-6-4-5-7-12(11)13(15)14(9)3/h4-8H,1-3H3. The van der Waals surface area contributed by atoms with E-state index in [0.29, 0.717) is 0 Å². The Bertz CT molecular complexity index is 656. The van der Waals surface area contributed by atoms with Gasteiger partial charge in [0.25, 0.3) is 0 Å². The summed E-state index contributed by atoms with van der Waals surface area (Å²) < 4.78 is 4.54. The first kappa shape index (κ1) is 8.60. The van der Waals surface area contributed by atoms with E-state index in [-0.39, 0.29) is 0 Å². The third kappa shape index (κ3) is 0.938. The van der Waals surface area contributed by atoms with Crippen molar-refractivity contribution in [3.05, 3.63) is 41.9 Å². The van der Waals surface area contributed by atoms with E-state index in [2.05, 4.69) is 60.3 Å². The predicted octanol–water partition coefficient (Wildman–Crippen LogP) is 3.05. The molecule has 2 nitrogen and oxygen atoms in total. The number of aromatic nitrogens is 2. The molecule has 0 unspecified atom stereocenters. The van der Waals surface area contributed by atoms with Crippen molar-refractivity contribution in [3.63, 3.8) is 0 Å². The van der Waals surface area contributed by atoms with Crippen molar-refractivity contribution in [1.29, 1.82) is 0 Å². The lowest BCUT2D eigenvalue weighted by Gasteiger charge is -1.97. The number of aryl methyl sites for hydroxylation is 2. The molecule has 0 N–H and O–H groups in total. The molecule has 0 bridgehead atoms. The summed E-state index contributed by atoms with van der Waals surface area (Å²) in [5.74, 6) is 0. The highest BCUT2D eigenvalue weighted by Crippen LogP contribution is 2.25. The average Bonchev–Trinajstić information content (AvgIpc) is 2.72. The molecule has 0 atom stereocenters. The molecule has 1 aromatic carbocycles. The maximum Gasteiger partial charge on any atom is 0.125 e. The van der Waals surface area contributed by atoms with Gasteiger partial charge in [-0.05, 0) is 13.8 Å². The third-order valence-corrected chi connectivity index (χ3v) is 3.40. The molecule has 0 aliphatic carbocycles. The number of imidazole rings is 1. The average molecular weight is 198 g/mol. The van der Waals surface area contributed by atoms with Gasteiger partial charge in [-0.25, -0.2) is 0 Å². The normalized spacial score (nSPS) is 11.7. The van der Waals surface area contributed by atoms with Crippen LogP contribution in [-0.2, 0) is 7.05 Å². The molecule has 15 heavy (non-hydrogen) atoms. The second kappa shape index (κ2) is 2.66. The summed E-state index contributed by atoms with van der Waals surface area (Å²) in [6.07, 6.45) is 2.22. The molecule has 2 aromatic heterocycles. The maximum atomic E-state index is 2.28. The van der Waals surface area contributed by atoms with E-state index in [9.17, 15) is 0 Å². The van der Waals surface area contributed by atoms with Gasteiger partial charge in [0, 0.05) is 35.4 Å². The monoisotopic (exact) mass is 198 g/mol. The molecule has 0 radical (unpaired) electrons. The lowest BCUT2D eigenvalue weighted by Crippen LogP contribution is -1.90. The molecule has 0 aliphatic heterocycles. The van der Waals surface area contributed by atoms with E-state index in [0.717, 1.165) is 0 Å². The van der Waals surface area contributed by atoms with Crippen molar-refractivity contribution in [2.45, 2.75) is 13.8 Å². The maximum absolute atomic E-state index is 2.28. The van der Waals surface area contributed by atoms with E-state index in [1.807, 2.05) is 0 Å². The fraction of sp³-hybridized carbons (Fsp3) is 0.231. The first-order valence-corrected chi connectivity index (χ1v) is 5.22. The summed E-state index contributed by atoms with van der Waals surface area (Å²) in [6.45, 7) is 4.33. The van der Waals surface area contributed by atoms with Crippen LogP contribution < -0.4 is 0 Å². The topological polar surface area (TPSA) is 9.34 Å². The number of hydrogen-bond acceptors (Lipinski definition) is 0. The van der Waals surface area contributed by atoms with Crippen LogP contribution in [0.3, 0.4) is 0 Å². The van der Waals surface area contributed by atoms with E-state index in [4.69, 9.17) is 0 Å². The summed E-state index contributed by atoms with van der Waals surface area (Å²) in [4.78, 5) is 0. The van der Waals surface area contributed by atoms with Gasteiger partial charge >= 0.3 is 0 Å². The van der Waals surface area contributed by atoms with E-state index >= 15 is 0 Å². The Kier molecular flexibility index (Phi) is 1.52. The van der Waals surface area contributed by atoms with Crippen molar-refractivity contribution < 1.29 is 0 Å². The van der Waals surface area contributed by atoms with Crippen LogP contribution in [0.4, 0.5) is 0 Å². The summed E-state index contributed by atoms with van der Waals surface area (Å²) in [7, 11) is 2.13. The second-order valence-corrected chi connectivity index (χ2v) is 4.14. The Morgan fingerprint density at radius 2 is 1.73 bits per heavy atom. The van der Waals surface area contributed by atoms with Crippen molar-refractivity contribution in [2.24, 2.45) is 7.05 Å². The molecule has 0 aliphatic rings. The minimum absolute atomic E-state index is 1.29. The highest BCUT2D eigenvalue weighted by molar-refractivity contribution is 5.96. The molecule has 0 saturated heterocycles. The van der Waals surface area contributed by atoms with Crippen LogP contribution >= 0.6 is 0 Å². The Morgan fingerprint density at radius 1 is 1.00 bits per heavy atom. The zero-order valence-electron chi connectivity index (χ0n) is 9.28. The van der Waals surface area contributed by atoms with Crippen LogP contribution in [0.15, 0.2) is 30.5 Å². The molecule has 3 aromatic rings. The zero-order valence-corrected chi connectivity index (χ0v) is 9.28. The van der Waals surface area contributed by atoms with Crippen molar-refractivity contribution >= 4 is 16.4 Å². The van der Waals surface area contributed by atoms with Crippen molar-refractivity contribution in [3.8, 4) is 0 Å². The number of rotatable bonds is 0. The molecule has 0 saturated carbocycles. The zero-order chi connectivity index (χ0) is 10.6. The van der Waals surface area contributed by atoms with Crippen LogP contribution in [0.25, 0.3) is 16.4 Å². The number of benzene rings is 1. The highest BCUT2D eigenvalue weighted by Gasteiger charge is 2.11. The number of hydrogen-bond donors (Lipinski definition) is 0. The quantitative estimate of drug-likeness (QED) is 0.525. The van der Waals surface area contributed by atoms with Crippen LogP contribution in [0.1, 0.15) is 11.4 Å². The molecular weight excluding hydrogens is 184 g/mol. The Balaban J connectivity index is 2.65. The van der Waals surface area contributed by atoms with Gasteiger partial charge in [0.2, 0.25) is 0 Å². The number of fused-ring (bicyclic) bond motifs is 3. The fourth-order valence-corrected chi connectivity index (χ4v) is 2.32. The van der Waals surface area contributed by atoms with Gasteiger partial charge in [0.05, 0.1) is 0 Å². The van der Waals surface area contributed by atoms with Gasteiger partial charge in [-0.3, -0.25) is 0 Å². The molecular formula is C13H14N2. The Hall–Kier alpha value is -1.70. The van der Waals surface area contributed by atoms with Crippen molar-refractivity contribution in [1.82, 2.24) is 8.97 Å². The summed E-state index contributed by atoms with van der Waals surface area (Å²) >= 11 is 0. The first-order chi connectivity index (χ1) is 7.20. The SMILES string of the molecule is Cc1c(C)n2cc3ccccc3c2n1C. The van der Waals surface area contributed by atoms with Crippen LogP contribution in [0.2, 0.25) is 0 Å². The molecule has 0 spiro atoms. The van der Waals surface area contributed by atoms with Gasteiger partial charge in [-0.15, -0.1) is 0 Å². The van der Waals surface area contributed by atoms with E-state index < -0.39 is 0 Å². The minimum Gasteiger partial charge on any atom is -0.332 e. The van der Waals surface area contributed by atoms with Crippen LogP contribution in [0.5, 0.6) is 0 Å². The molecule has 3 rings (SSSR count). The van der Waals surface area contributed by atoms with Crippen LogP contribution in [-0.4, -0.2) is 8.97 Å². The summed E-state index contributed by atoms with van der Waals surface area (Å²) in [6, 6.07) is 8.53. The molecule has 2 heteroatoms. The van der Waals surface area contributed by atoms with Gasteiger partial charge in [-0.1, -0.05) is 24.3 Å². The van der Waals surface area contributed by atoms with Crippen molar-refractivity contribution in [2.75, 3.05) is 0 Å². The minimum atomic E-state index is 1.29. The largest absolute Gasteiger partial charge is 0.332 e. The lowest BCUT2D eigenvalue weighted by atomic mass is 10.2. The fourth-order valence-electron chi connectivity index (χ4n) is 2.32. The third-order valence-electron chi connectivity index (χ3n) is 3.40. The molecule has 2 heterocycles. The summed E-state index contributed by atoms with van der Waals surface area (Å²) in [5, 5.41) is 2.64.